The van der Waals surface area contributed by atoms with E-state index in [2.05, 4.69) is 43.7 Å². The molecule has 4 rings (SSSR count). The molecule has 28 heavy (non-hydrogen) atoms. The number of hydrogen-bond acceptors (Lipinski definition) is 6. The normalized spacial score (nSPS) is 10.8. The Balaban J connectivity index is 1.65. The highest BCUT2D eigenvalue weighted by Crippen LogP contribution is 2.34. The van der Waals surface area contributed by atoms with Crippen molar-refractivity contribution in [1.29, 1.82) is 0 Å². The summed E-state index contributed by atoms with van der Waals surface area (Å²) in [5.74, 6) is 2.74. The number of nitrogens with one attached hydrogen (secondary N) is 2. The van der Waals surface area contributed by atoms with Gasteiger partial charge in [-0.3, -0.25) is 5.10 Å². The fraction of sp³-hybridized carbons (Fsp3) is 0.190. The van der Waals surface area contributed by atoms with Crippen molar-refractivity contribution in [3.63, 3.8) is 0 Å². The molecule has 2 heterocycles. The number of H-pyrrole nitrogens is 1. The summed E-state index contributed by atoms with van der Waals surface area (Å²) < 4.78 is 10.8. The first-order valence-corrected chi connectivity index (χ1v) is 8.90. The molecule has 0 saturated carbocycles. The van der Waals surface area contributed by atoms with Gasteiger partial charge in [-0.2, -0.15) is 5.10 Å². The van der Waals surface area contributed by atoms with E-state index < -0.39 is 0 Å². The number of aryl methyl sites for hydroxylation is 1. The largest absolute Gasteiger partial charge is 0.493 e. The van der Waals surface area contributed by atoms with E-state index in [0.29, 0.717) is 23.9 Å². The molecule has 7 heteroatoms. The van der Waals surface area contributed by atoms with Crippen molar-refractivity contribution in [2.24, 2.45) is 0 Å². The second-order valence-corrected chi connectivity index (χ2v) is 6.38. The van der Waals surface area contributed by atoms with Crippen LogP contribution < -0.4 is 14.8 Å². The van der Waals surface area contributed by atoms with Crippen molar-refractivity contribution in [3.8, 4) is 22.6 Å². The first-order chi connectivity index (χ1) is 13.7. The predicted octanol–water partition coefficient (Wildman–Crippen LogP) is 3.96. The van der Waals surface area contributed by atoms with Gasteiger partial charge in [0.15, 0.2) is 11.5 Å². The lowest BCUT2D eigenvalue weighted by Crippen LogP contribution is -2.05. The number of hydrogen-bond donors (Lipinski definition) is 2. The molecule has 4 aromatic rings. The molecular weight excluding hydrogens is 354 g/mol. The van der Waals surface area contributed by atoms with Crippen molar-refractivity contribution in [2.45, 2.75) is 13.5 Å². The van der Waals surface area contributed by atoms with Gasteiger partial charge < -0.3 is 14.8 Å². The molecule has 2 N–H and O–H groups in total. The molecular formula is C21H21N5O2. The van der Waals surface area contributed by atoms with E-state index in [9.17, 15) is 0 Å². The molecule has 0 bridgehead atoms. The Morgan fingerprint density at radius 1 is 1.00 bits per heavy atom. The minimum absolute atomic E-state index is 0.631. The van der Waals surface area contributed by atoms with Crippen LogP contribution >= 0.6 is 0 Å². The Morgan fingerprint density at radius 2 is 1.82 bits per heavy atom. The zero-order valence-corrected chi connectivity index (χ0v) is 16.0. The molecule has 142 valence electrons. The van der Waals surface area contributed by atoms with Crippen LogP contribution in [-0.4, -0.2) is 34.4 Å². The van der Waals surface area contributed by atoms with Crippen molar-refractivity contribution in [3.05, 3.63) is 60.2 Å². The van der Waals surface area contributed by atoms with E-state index in [1.807, 2.05) is 37.5 Å². The standard InChI is InChI=1S/C21H21N5O2/c1-13-25-18-9-20(28-3)19(27-2)8-17(18)21(26-13)22-10-14-5-4-6-15(7-14)16-11-23-24-12-16/h4-9,11-12H,10H2,1-3H3,(H,23,24)(H,22,25,26). The number of aromatic amines is 1. The fourth-order valence-corrected chi connectivity index (χ4v) is 3.16. The van der Waals surface area contributed by atoms with E-state index >= 15 is 0 Å². The van der Waals surface area contributed by atoms with Crippen molar-refractivity contribution >= 4 is 16.7 Å². The van der Waals surface area contributed by atoms with Crippen LogP contribution in [0, 0.1) is 6.92 Å². The topological polar surface area (TPSA) is 85.0 Å². The average molecular weight is 375 g/mol. The minimum Gasteiger partial charge on any atom is -0.493 e. The first-order valence-electron chi connectivity index (χ1n) is 8.90. The Labute approximate surface area is 162 Å². The summed E-state index contributed by atoms with van der Waals surface area (Å²) in [7, 11) is 3.23. The molecule has 0 saturated heterocycles. The first kappa shape index (κ1) is 17.8. The SMILES string of the molecule is COc1cc2nc(C)nc(NCc3cccc(-c4cn[nH]c4)c3)c2cc1OC. The average Bonchev–Trinajstić information content (AvgIpc) is 3.26. The molecule has 0 amide bonds. The van der Waals surface area contributed by atoms with Gasteiger partial charge in [0.05, 0.1) is 25.9 Å². The summed E-state index contributed by atoms with van der Waals surface area (Å²) in [5.41, 5.74) is 4.12. The Hall–Kier alpha value is -3.61. The third-order valence-corrected chi connectivity index (χ3v) is 4.53. The maximum Gasteiger partial charge on any atom is 0.162 e. The van der Waals surface area contributed by atoms with Gasteiger partial charge in [-0.05, 0) is 30.2 Å². The van der Waals surface area contributed by atoms with Crippen LogP contribution in [0.15, 0.2) is 48.8 Å². The molecule has 0 aliphatic carbocycles. The van der Waals surface area contributed by atoms with E-state index in [4.69, 9.17) is 9.47 Å². The molecule has 0 unspecified atom stereocenters. The summed E-state index contributed by atoms with van der Waals surface area (Å²) >= 11 is 0. The number of nitrogens with zero attached hydrogens (tertiary/aromatic N) is 3. The Kier molecular flexibility index (Phi) is 4.80. The number of aromatic nitrogens is 4. The highest BCUT2D eigenvalue weighted by molar-refractivity contribution is 5.91. The molecule has 7 nitrogen and oxygen atoms in total. The monoisotopic (exact) mass is 375 g/mol. The molecule has 0 fully saturated rings. The highest BCUT2D eigenvalue weighted by Gasteiger charge is 2.12. The third kappa shape index (κ3) is 3.46. The zero-order chi connectivity index (χ0) is 19.5. The lowest BCUT2D eigenvalue weighted by atomic mass is 10.1. The maximum atomic E-state index is 5.43. The lowest BCUT2D eigenvalue weighted by Gasteiger charge is -2.13. The molecule has 0 radical (unpaired) electrons. The smallest absolute Gasteiger partial charge is 0.162 e. The van der Waals surface area contributed by atoms with Gasteiger partial charge in [0.1, 0.15) is 11.6 Å². The second kappa shape index (κ2) is 7.56. The number of fused-ring (bicyclic) bond motifs is 1. The van der Waals surface area contributed by atoms with Crippen LogP contribution in [0.4, 0.5) is 5.82 Å². The van der Waals surface area contributed by atoms with E-state index in [-0.39, 0.29) is 0 Å². The number of ether oxygens (including phenoxy) is 2. The second-order valence-electron chi connectivity index (χ2n) is 6.38. The highest BCUT2D eigenvalue weighted by atomic mass is 16.5. The fourth-order valence-electron chi connectivity index (χ4n) is 3.16. The number of methoxy groups -OCH3 is 2. The van der Waals surface area contributed by atoms with Crippen LogP contribution in [0.1, 0.15) is 11.4 Å². The Morgan fingerprint density at radius 3 is 2.57 bits per heavy atom. The Bertz CT molecular complexity index is 1110. The number of benzene rings is 2. The van der Waals surface area contributed by atoms with Crippen LogP contribution in [-0.2, 0) is 6.54 Å². The molecule has 0 aliphatic heterocycles. The molecule has 0 aliphatic rings. The van der Waals surface area contributed by atoms with Gasteiger partial charge in [0.2, 0.25) is 0 Å². The summed E-state index contributed by atoms with van der Waals surface area (Å²) in [6.45, 7) is 2.51. The molecule has 0 spiro atoms. The summed E-state index contributed by atoms with van der Waals surface area (Å²) in [6.07, 6.45) is 3.70. The predicted molar refractivity (Wildman–Crippen MR) is 109 cm³/mol. The van der Waals surface area contributed by atoms with Crippen molar-refractivity contribution in [1.82, 2.24) is 20.2 Å². The van der Waals surface area contributed by atoms with Crippen LogP contribution in [0.25, 0.3) is 22.0 Å². The van der Waals surface area contributed by atoms with Gasteiger partial charge in [-0.15, -0.1) is 0 Å². The van der Waals surface area contributed by atoms with Gasteiger partial charge >= 0.3 is 0 Å². The summed E-state index contributed by atoms with van der Waals surface area (Å²) in [6, 6.07) is 12.1. The third-order valence-electron chi connectivity index (χ3n) is 4.53. The van der Waals surface area contributed by atoms with Crippen LogP contribution in [0.2, 0.25) is 0 Å². The summed E-state index contributed by atoms with van der Waals surface area (Å²) in [5, 5.41) is 11.2. The van der Waals surface area contributed by atoms with Gasteiger partial charge in [0, 0.05) is 29.8 Å². The van der Waals surface area contributed by atoms with Crippen molar-refractivity contribution < 1.29 is 9.47 Å². The molecule has 0 atom stereocenters. The maximum absolute atomic E-state index is 5.43. The molecule has 2 aromatic heterocycles. The van der Waals surface area contributed by atoms with Gasteiger partial charge in [-0.25, -0.2) is 9.97 Å². The number of anilines is 1. The zero-order valence-electron chi connectivity index (χ0n) is 16.0. The van der Waals surface area contributed by atoms with Crippen LogP contribution in [0.5, 0.6) is 11.5 Å². The van der Waals surface area contributed by atoms with E-state index in [0.717, 1.165) is 33.4 Å². The quantitative estimate of drug-likeness (QED) is 0.531. The van der Waals surface area contributed by atoms with Gasteiger partial charge in [-0.1, -0.05) is 18.2 Å². The number of rotatable bonds is 6. The lowest BCUT2D eigenvalue weighted by molar-refractivity contribution is 0.356. The van der Waals surface area contributed by atoms with E-state index in [1.165, 1.54) is 0 Å². The van der Waals surface area contributed by atoms with Crippen molar-refractivity contribution in [2.75, 3.05) is 19.5 Å². The van der Waals surface area contributed by atoms with E-state index in [1.54, 1.807) is 14.2 Å². The van der Waals surface area contributed by atoms with Crippen LogP contribution in [0.3, 0.4) is 0 Å². The summed E-state index contributed by atoms with van der Waals surface area (Å²) in [4.78, 5) is 9.11. The molecule has 2 aromatic carbocycles. The minimum atomic E-state index is 0.631. The van der Waals surface area contributed by atoms with Gasteiger partial charge in [0.25, 0.3) is 0 Å².